The molecule has 0 radical (unpaired) electrons. The fraction of sp³-hybridized carbons (Fsp3) is 0.680. The van der Waals surface area contributed by atoms with E-state index in [0.29, 0.717) is 95.9 Å². The van der Waals surface area contributed by atoms with Crippen LogP contribution in [0.1, 0.15) is 458 Å². The topological polar surface area (TPSA) is 247 Å². The second kappa shape index (κ2) is 58.5. The van der Waals surface area contributed by atoms with Gasteiger partial charge in [0.15, 0.2) is 0 Å². The standard InChI is InChI=1S/C100H152O20/c1-17-25-29-33-37-41-45-49-53-57-77-81-61-83(95(115-71(11)103)89(65-109-21-5)93(81)113-69(9)101)78(58-54-50-46-42-38-34-30-26-18-2)85-63-87(99(119-75(15)107)91(67-111-23-7)97(85)117-73(13)105)80(60-56-52-48-44-40-36-32-28-20-4)88-64-86(98(118-74(14)106)92(68-112-24-8)100(88)120-76(16)108)79(59-55-51-47-43-39-35-31-27-19-3)84-62-82(77)94(114-70(10)102)90(66-110-22-6)96(84)116-72(12)104/h61-64,77-80H,17-60,65-68H2,1-16H3. The maximum atomic E-state index is 14.5. The lowest BCUT2D eigenvalue weighted by molar-refractivity contribution is -0.133. The molecule has 0 N–H and O–H groups in total. The first-order chi connectivity index (χ1) is 58.0. The van der Waals surface area contributed by atoms with E-state index in [4.69, 9.17) is 56.8 Å². The fourth-order valence-corrected chi connectivity index (χ4v) is 17.1. The van der Waals surface area contributed by atoms with E-state index < -0.39 is 71.4 Å². The molecule has 0 aromatic heterocycles. The fourth-order valence-electron chi connectivity index (χ4n) is 17.1. The Morgan fingerprint density at radius 3 is 0.442 bits per heavy atom. The largest absolute Gasteiger partial charge is 0.426 e. The molecule has 0 fully saturated rings. The van der Waals surface area contributed by atoms with Gasteiger partial charge in [-0.2, -0.15) is 0 Å². The second-order valence-corrected chi connectivity index (χ2v) is 32.7. The summed E-state index contributed by atoms with van der Waals surface area (Å²) in [5, 5.41) is 0. The smallest absolute Gasteiger partial charge is 0.308 e. The predicted octanol–water partition coefficient (Wildman–Crippen LogP) is 25.8. The van der Waals surface area contributed by atoms with Crippen LogP contribution < -0.4 is 37.9 Å². The molecular formula is C100H152O20. The van der Waals surface area contributed by atoms with Gasteiger partial charge in [0.1, 0.15) is 46.0 Å². The van der Waals surface area contributed by atoms with Gasteiger partial charge in [-0.1, -0.05) is 259 Å². The molecule has 1 aliphatic rings. The van der Waals surface area contributed by atoms with Crippen molar-refractivity contribution in [2.75, 3.05) is 26.4 Å². The average molecular weight is 1670 g/mol. The van der Waals surface area contributed by atoms with Gasteiger partial charge in [0.2, 0.25) is 0 Å². The highest BCUT2D eigenvalue weighted by atomic mass is 16.6. The highest BCUT2D eigenvalue weighted by molar-refractivity contribution is 5.81. The van der Waals surface area contributed by atoms with Crippen LogP contribution in [0.2, 0.25) is 0 Å². The van der Waals surface area contributed by atoms with Crippen LogP contribution in [0.3, 0.4) is 0 Å². The summed E-state index contributed by atoms with van der Waals surface area (Å²) in [5.74, 6) is -9.17. The molecule has 1 aliphatic carbocycles. The van der Waals surface area contributed by atoms with Crippen molar-refractivity contribution in [2.45, 2.75) is 418 Å². The summed E-state index contributed by atoms with van der Waals surface area (Å²) in [5.41, 5.74) is 4.21. The lowest BCUT2D eigenvalue weighted by atomic mass is 9.74. The van der Waals surface area contributed by atoms with E-state index in [2.05, 4.69) is 27.7 Å². The van der Waals surface area contributed by atoms with Gasteiger partial charge in [0, 0.05) is 150 Å². The van der Waals surface area contributed by atoms with Crippen LogP contribution in [0.25, 0.3) is 0 Å². The average Bonchev–Trinajstić information content (AvgIpc) is 0.725. The number of ether oxygens (including phenoxy) is 12. The Morgan fingerprint density at radius 1 is 0.200 bits per heavy atom. The summed E-state index contributed by atoms with van der Waals surface area (Å²) in [4.78, 5) is 116. The first kappa shape index (κ1) is 103. The van der Waals surface area contributed by atoms with Crippen molar-refractivity contribution in [2.24, 2.45) is 0 Å². The Labute approximate surface area is 720 Å². The van der Waals surface area contributed by atoms with Gasteiger partial charge in [-0.15, -0.1) is 0 Å². The van der Waals surface area contributed by atoms with E-state index >= 15 is 0 Å². The molecule has 0 amide bonds. The highest BCUT2D eigenvalue weighted by Crippen LogP contribution is 2.58. The van der Waals surface area contributed by atoms with Crippen LogP contribution in [0.5, 0.6) is 46.0 Å². The maximum absolute atomic E-state index is 14.5. The normalized spacial score (nSPS) is 14.3. The van der Waals surface area contributed by atoms with Crippen molar-refractivity contribution < 1.29 is 95.2 Å². The third-order valence-electron chi connectivity index (χ3n) is 22.7. The van der Waals surface area contributed by atoms with Crippen LogP contribution in [-0.4, -0.2) is 74.2 Å². The third kappa shape index (κ3) is 34.3. The van der Waals surface area contributed by atoms with Crippen LogP contribution in [0, 0.1) is 0 Å². The molecule has 4 aromatic rings. The monoisotopic (exact) mass is 1670 g/mol. The van der Waals surface area contributed by atoms with Crippen molar-refractivity contribution in [3.63, 3.8) is 0 Å². The zero-order valence-electron chi connectivity index (χ0n) is 76.7. The molecule has 0 saturated carbocycles. The van der Waals surface area contributed by atoms with Gasteiger partial charge in [-0.3, -0.25) is 38.4 Å². The number of benzene rings is 4. The summed E-state index contributed by atoms with van der Waals surface area (Å²) >= 11 is 0. The minimum Gasteiger partial charge on any atom is -0.426 e. The number of rotatable bonds is 60. The molecular weight excluding hydrogens is 1520 g/mol. The predicted molar refractivity (Wildman–Crippen MR) is 472 cm³/mol. The second-order valence-electron chi connectivity index (χ2n) is 32.7. The SMILES string of the molecule is CCCCCCCCCCCC1c2cc(c(OC(C)=O)c(COCC)c2OC(C)=O)C(CCCCCCCCCCC)c2cc(c(OC(C)=O)c(COCC)c2OC(C)=O)C(CCCCCCCCCCC)c2cc(c(OC(C)=O)c(COCC)c2OC(C)=O)C(CCCCCCCCCCC)c2cc1c(OC(C)=O)c(COCC)c2OC(C)=O. The Bertz CT molecular complexity index is 3160. The van der Waals surface area contributed by atoms with E-state index in [0.717, 1.165) is 205 Å². The van der Waals surface area contributed by atoms with Gasteiger partial charge < -0.3 is 56.8 Å². The molecule has 0 spiro atoms. The number of hydrogen-bond donors (Lipinski definition) is 0. The lowest BCUT2D eigenvalue weighted by Crippen LogP contribution is -2.22. The van der Waals surface area contributed by atoms with Crippen LogP contribution >= 0.6 is 0 Å². The summed E-state index contributed by atoms with van der Waals surface area (Å²) in [7, 11) is 0. The van der Waals surface area contributed by atoms with Crippen LogP contribution in [0.4, 0.5) is 0 Å². The highest BCUT2D eigenvalue weighted by Gasteiger charge is 2.42. The quantitative estimate of drug-likeness (QED) is 0.0226. The number of unbranched alkanes of at least 4 members (excludes halogenated alkanes) is 32. The van der Waals surface area contributed by atoms with E-state index in [1.807, 2.05) is 52.0 Å². The van der Waals surface area contributed by atoms with Gasteiger partial charge in [0.05, 0.1) is 48.7 Å². The molecule has 0 aliphatic heterocycles. The van der Waals surface area contributed by atoms with E-state index in [-0.39, 0.29) is 121 Å². The van der Waals surface area contributed by atoms with Crippen molar-refractivity contribution in [3.8, 4) is 46.0 Å². The van der Waals surface area contributed by atoms with Crippen molar-refractivity contribution in [1.82, 2.24) is 0 Å². The number of esters is 8. The van der Waals surface area contributed by atoms with Crippen molar-refractivity contribution in [1.29, 1.82) is 0 Å². The first-order valence-corrected chi connectivity index (χ1v) is 46.5. The van der Waals surface area contributed by atoms with E-state index in [1.165, 1.54) is 55.4 Å². The molecule has 672 valence electrons. The molecule has 0 heterocycles. The van der Waals surface area contributed by atoms with Crippen molar-refractivity contribution in [3.05, 3.63) is 91.0 Å². The summed E-state index contributed by atoms with van der Waals surface area (Å²) in [6.07, 6.45) is 36.3. The number of fused-ring (bicyclic) bond motifs is 8. The molecule has 8 bridgehead atoms. The van der Waals surface area contributed by atoms with E-state index in [1.54, 1.807) is 0 Å². The molecule has 0 saturated heterocycles. The molecule has 0 atom stereocenters. The Kier molecular flexibility index (Phi) is 50.2. The Balaban J connectivity index is 2.43. The molecule has 5 rings (SSSR count). The minimum atomic E-state index is -0.948. The van der Waals surface area contributed by atoms with Gasteiger partial charge >= 0.3 is 47.8 Å². The molecule has 20 heteroatoms. The molecule has 4 aromatic carbocycles. The van der Waals surface area contributed by atoms with Crippen LogP contribution in [0.15, 0.2) is 24.3 Å². The number of carbonyl (C=O) groups excluding carboxylic acids is 8. The zero-order valence-corrected chi connectivity index (χ0v) is 76.7. The molecule has 20 nitrogen and oxygen atoms in total. The summed E-state index contributed by atoms with van der Waals surface area (Å²) in [6, 6.07) is 7.75. The Morgan fingerprint density at radius 2 is 0.325 bits per heavy atom. The van der Waals surface area contributed by atoms with Crippen LogP contribution in [-0.2, 0) is 83.7 Å². The van der Waals surface area contributed by atoms with Crippen molar-refractivity contribution >= 4 is 47.8 Å². The third-order valence-corrected chi connectivity index (χ3v) is 22.7. The maximum Gasteiger partial charge on any atom is 0.308 e. The zero-order chi connectivity index (χ0) is 87.7. The summed E-state index contributed by atoms with van der Waals surface area (Å²) < 4.78 is 80.2. The Hall–Kier alpha value is -7.52. The number of carbonyl (C=O) groups is 8. The number of hydrogen-bond acceptors (Lipinski definition) is 20. The van der Waals surface area contributed by atoms with Gasteiger partial charge in [-0.05, 0) is 77.6 Å². The first-order valence-electron chi connectivity index (χ1n) is 46.5. The minimum absolute atomic E-state index is 0.0318. The lowest BCUT2D eigenvalue weighted by Gasteiger charge is -2.34. The van der Waals surface area contributed by atoms with Gasteiger partial charge in [-0.25, -0.2) is 0 Å². The van der Waals surface area contributed by atoms with E-state index in [9.17, 15) is 38.4 Å². The summed E-state index contributed by atoms with van der Waals surface area (Å²) in [6.45, 7) is 26.3. The molecule has 120 heavy (non-hydrogen) atoms. The molecule has 0 unspecified atom stereocenters. The van der Waals surface area contributed by atoms with Gasteiger partial charge in [0.25, 0.3) is 0 Å².